The van der Waals surface area contributed by atoms with Crippen molar-refractivity contribution in [3.63, 3.8) is 0 Å². The molecule has 0 saturated carbocycles. The molecule has 0 heterocycles. The van der Waals surface area contributed by atoms with Crippen LogP contribution in [0.2, 0.25) is 0 Å². The highest BCUT2D eigenvalue weighted by Crippen LogP contribution is 2.37. The fourth-order valence-electron chi connectivity index (χ4n) is 0.965. The van der Waals surface area contributed by atoms with Crippen LogP contribution in [0.3, 0.4) is 0 Å². The molecule has 1 rings (SSSR count). The van der Waals surface area contributed by atoms with Gasteiger partial charge in [-0.3, -0.25) is 10.1 Å². The minimum Gasteiger partial charge on any atom is -0.376 e. The zero-order valence-corrected chi connectivity index (χ0v) is 6.78. The van der Waals surface area contributed by atoms with E-state index in [2.05, 4.69) is 0 Å². The van der Waals surface area contributed by atoms with Gasteiger partial charge >= 0.3 is 6.18 Å². The zero-order valence-electron chi connectivity index (χ0n) is 6.78. The number of alkyl halides is 3. The highest BCUT2D eigenvalue weighted by molar-refractivity contribution is 5.24. The fourth-order valence-corrected chi connectivity index (χ4v) is 0.965. The summed E-state index contributed by atoms with van der Waals surface area (Å²) in [5.41, 5.74) is -3.43. The van der Waals surface area contributed by atoms with Gasteiger partial charge in [0.1, 0.15) is 0 Å². The van der Waals surface area contributed by atoms with Crippen LogP contribution in [0.5, 0.6) is 0 Å². The van der Waals surface area contributed by atoms with Crippen LogP contribution in [-0.2, 0) is 0 Å². The Labute approximate surface area is 76.5 Å². The summed E-state index contributed by atoms with van der Waals surface area (Å²) in [7, 11) is 0. The molecule has 0 bridgehead atoms. The van der Waals surface area contributed by atoms with Crippen LogP contribution in [0.25, 0.3) is 0 Å². The molecule has 0 spiro atoms. The van der Waals surface area contributed by atoms with E-state index in [4.69, 9.17) is 5.11 Å². The van der Waals surface area contributed by atoms with Gasteiger partial charge in [0.05, 0.1) is 4.92 Å². The number of nitrogens with zero attached hydrogens (tertiary/aromatic N) is 1. The molecule has 0 aromatic rings. The predicted octanol–water partition coefficient (Wildman–Crippen LogP) is 1.40. The average Bonchev–Trinajstić information content (AvgIpc) is 2.03. The first-order chi connectivity index (χ1) is 6.26. The largest absolute Gasteiger partial charge is 0.421 e. The molecule has 4 nitrogen and oxygen atoms in total. The molecule has 7 heteroatoms. The van der Waals surface area contributed by atoms with E-state index in [1.807, 2.05) is 0 Å². The number of aliphatic hydroxyl groups is 1. The third-order valence-corrected chi connectivity index (χ3v) is 1.85. The van der Waals surface area contributed by atoms with Crippen molar-refractivity contribution in [2.24, 2.45) is 0 Å². The summed E-state index contributed by atoms with van der Waals surface area (Å²) in [5.74, 6) is 0. The van der Waals surface area contributed by atoms with Gasteiger partial charge < -0.3 is 5.11 Å². The predicted molar refractivity (Wildman–Crippen MR) is 39.8 cm³/mol. The van der Waals surface area contributed by atoms with E-state index in [-0.39, 0.29) is 0 Å². The maximum Gasteiger partial charge on any atom is 0.421 e. The van der Waals surface area contributed by atoms with Crippen molar-refractivity contribution in [1.82, 2.24) is 0 Å². The van der Waals surface area contributed by atoms with Crippen LogP contribution in [0.1, 0.15) is 6.42 Å². The number of rotatable bonds is 1. The third kappa shape index (κ3) is 1.77. The smallest absolute Gasteiger partial charge is 0.376 e. The second-order valence-corrected chi connectivity index (χ2v) is 2.85. The number of hydrogen-bond acceptors (Lipinski definition) is 3. The molecule has 0 radical (unpaired) electrons. The molecule has 14 heavy (non-hydrogen) atoms. The summed E-state index contributed by atoms with van der Waals surface area (Å²) in [6, 6.07) is 0. The lowest BCUT2D eigenvalue weighted by Crippen LogP contribution is -2.43. The Hall–Kier alpha value is -1.37. The molecule has 1 aliphatic carbocycles. The highest BCUT2D eigenvalue weighted by Gasteiger charge is 2.52. The molecule has 78 valence electrons. The number of allylic oxidation sites excluding steroid dienone is 1. The van der Waals surface area contributed by atoms with Gasteiger partial charge in [0.25, 0.3) is 5.70 Å². The Morgan fingerprint density at radius 2 is 2.14 bits per heavy atom. The van der Waals surface area contributed by atoms with Crippen LogP contribution in [0.15, 0.2) is 23.9 Å². The summed E-state index contributed by atoms with van der Waals surface area (Å²) in [6.07, 6.45) is -3.86. The van der Waals surface area contributed by atoms with Gasteiger partial charge in [0.15, 0.2) is 5.60 Å². The first-order valence-electron chi connectivity index (χ1n) is 3.59. The van der Waals surface area contributed by atoms with Crippen LogP contribution in [-0.4, -0.2) is 21.8 Å². The maximum absolute atomic E-state index is 12.2. The third-order valence-electron chi connectivity index (χ3n) is 1.85. The van der Waals surface area contributed by atoms with Crippen molar-refractivity contribution in [3.8, 4) is 0 Å². The van der Waals surface area contributed by atoms with Crippen molar-refractivity contribution in [1.29, 1.82) is 0 Å². The van der Waals surface area contributed by atoms with Crippen LogP contribution in [0.4, 0.5) is 13.2 Å². The van der Waals surface area contributed by atoms with E-state index in [0.717, 1.165) is 6.08 Å². The molecule has 0 aromatic carbocycles. The molecule has 1 N–H and O–H groups in total. The van der Waals surface area contributed by atoms with E-state index in [1.54, 1.807) is 0 Å². The van der Waals surface area contributed by atoms with Crippen LogP contribution < -0.4 is 0 Å². The van der Waals surface area contributed by atoms with Gasteiger partial charge in [-0.15, -0.1) is 0 Å². The molecular formula is C7H6F3NO3. The molecule has 0 amide bonds. The first kappa shape index (κ1) is 10.7. The lowest BCUT2D eigenvalue weighted by molar-refractivity contribution is -0.420. The summed E-state index contributed by atoms with van der Waals surface area (Å²) in [6.45, 7) is 0. The number of nitro groups is 1. The Balaban J connectivity index is 2.88. The SMILES string of the molecule is O=[N+]([O-])C1=CCC(O)(C(F)(F)F)C=C1. The molecule has 1 unspecified atom stereocenters. The average molecular weight is 209 g/mol. The van der Waals surface area contributed by atoms with E-state index in [0.29, 0.717) is 12.2 Å². The fraction of sp³-hybridized carbons (Fsp3) is 0.429. The Kier molecular flexibility index (Phi) is 2.36. The minimum atomic E-state index is -4.82. The van der Waals surface area contributed by atoms with Crippen molar-refractivity contribution in [2.75, 3.05) is 0 Å². The van der Waals surface area contributed by atoms with E-state index in [9.17, 15) is 23.3 Å². The van der Waals surface area contributed by atoms with Crippen LogP contribution in [0, 0.1) is 10.1 Å². The minimum absolute atomic E-state index is 0.394. The molecular weight excluding hydrogens is 203 g/mol. The van der Waals surface area contributed by atoms with Gasteiger partial charge in [0.2, 0.25) is 0 Å². The maximum atomic E-state index is 12.2. The molecule has 0 aliphatic heterocycles. The van der Waals surface area contributed by atoms with Gasteiger partial charge in [-0.1, -0.05) is 0 Å². The monoisotopic (exact) mass is 209 g/mol. The van der Waals surface area contributed by atoms with E-state index < -0.39 is 28.8 Å². The second kappa shape index (κ2) is 3.09. The van der Waals surface area contributed by atoms with Gasteiger partial charge in [-0.05, 0) is 12.2 Å². The summed E-state index contributed by atoms with van der Waals surface area (Å²) in [5, 5.41) is 19.2. The summed E-state index contributed by atoms with van der Waals surface area (Å²) < 4.78 is 36.5. The van der Waals surface area contributed by atoms with Crippen LogP contribution >= 0.6 is 0 Å². The van der Waals surface area contributed by atoms with Crippen molar-refractivity contribution in [3.05, 3.63) is 34.0 Å². The van der Waals surface area contributed by atoms with Crippen molar-refractivity contribution in [2.45, 2.75) is 18.2 Å². The normalized spacial score (nSPS) is 27.3. The second-order valence-electron chi connectivity index (χ2n) is 2.85. The van der Waals surface area contributed by atoms with Gasteiger partial charge in [-0.25, -0.2) is 0 Å². The standard InChI is InChI=1S/C7H6F3NO3/c8-7(9,10)6(12)3-1-5(2-4-6)11(13)14/h1-3,12H,4H2. The molecule has 0 fully saturated rings. The lowest BCUT2D eigenvalue weighted by atomic mass is 9.94. The highest BCUT2D eigenvalue weighted by atomic mass is 19.4. The molecule has 1 atom stereocenters. The number of hydrogen-bond donors (Lipinski definition) is 1. The zero-order chi connectivity index (χ0) is 11.0. The van der Waals surface area contributed by atoms with Gasteiger partial charge in [0, 0.05) is 12.5 Å². The van der Waals surface area contributed by atoms with E-state index >= 15 is 0 Å². The lowest BCUT2D eigenvalue weighted by Gasteiger charge is -2.27. The first-order valence-corrected chi connectivity index (χ1v) is 3.59. The molecule has 0 saturated heterocycles. The topological polar surface area (TPSA) is 63.4 Å². The number of halogens is 3. The van der Waals surface area contributed by atoms with Crippen molar-refractivity contribution < 1.29 is 23.2 Å². The Morgan fingerprint density at radius 3 is 2.43 bits per heavy atom. The van der Waals surface area contributed by atoms with Crippen molar-refractivity contribution >= 4 is 0 Å². The Morgan fingerprint density at radius 1 is 1.57 bits per heavy atom. The Bertz CT molecular complexity index is 321. The quantitative estimate of drug-likeness (QED) is 0.524. The summed E-state index contributed by atoms with van der Waals surface area (Å²) in [4.78, 5) is 9.33. The van der Waals surface area contributed by atoms with E-state index in [1.165, 1.54) is 0 Å². The molecule has 0 aromatic heterocycles. The van der Waals surface area contributed by atoms with Gasteiger partial charge in [-0.2, -0.15) is 13.2 Å². The molecule has 1 aliphatic rings. The summed E-state index contributed by atoms with van der Waals surface area (Å²) >= 11 is 0.